The van der Waals surface area contributed by atoms with Crippen LogP contribution in [0.4, 0.5) is 0 Å². The quantitative estimate of drug-likeness (QED) is 0.857. The molecule has 1 heterocycles. The van der Waals surface area contributed by atoms with Gasteiger partial charge in [-0.25, -0.2) is 4.98 Å². The fourth-order valence-electron chi connectivity index (χ4n) is 5.02. The highest BCUT2D eigenvalue weighted by molar-refractivity contribution is 9.10. The summed E-state index contributed by atoms with van der Waals surface area (Å²) in [5.74, 6) is 0.429. The van der Waals surface area contributed by atoms with Crippen LogP contribution in [0, 0.1) is 10.8 Å². The maximum absolute atomic E-state index is 11.9. The highest BCUT2D eigenvalue weighted by Crippen LogP contribution is 2.73. The summed E-state index contributed by atoms with van der Waals surface area (Å²) < 4.78 is 2.90. The average Bonchev–Trinajstić information content (AvgIpc) is 3.03. The molecule has 4 nitrogen and oxygen atoms in total. The van der Waals surface area contributed by atoms with Crippen molar-refractivity contribution in [3.63, 3.8) is 0 Å². The second-order valence-electron chi connectivity index (χ2n) is 8.16. The van der Waals surface area contributed by atoms with E-state index in [1.807, 2.05) is 0 Å². The van der Waals surface area contributed by atoms with E-state index in [2.05, 4.69) is 64.1 Å². The molecule has 3 atom stereocenters. The molecule has 2 aromatic rings. The van der Waals surface area contributed by atoms with E-state index in [1.165, 1.54) is 12.0 Å². The average molecular weight is 390 g/mol. The van der Waals surface area contributed by atoms with Gasteiger partial charge in [0.25, 0.3) is 0 Å². The Morgan fingerprint density at radius 3 is 2.67 bits per heavy atom. The number of aliphatic hydroxyl groups is 1. The Hall–Kier alpha value is -1.20. The van der Waals surface area contributed by atoms with Gasteiger partial charge in [0.05, 0.1) is 12.1 Å². The molecule has 3 unspecified atom stereocenters. The van der Waals surface area contributed by atoms with E-state index < -0.39 is 5.60 Å². The lowest BCUT2D eigenvalue weighted by Gasteiger charge is -2.53. The Balaban J connectivity index is 1.71. The minimum Gasteiger partial charge on any atom is -0.387 e. The van der Waals surface area contributed by atoms with Gasteiger partial charge in [-0.2, -0.15) is 5.10 Å². The minimum atomic E-state index is -0.774. The largest absolute Gasteiger partial charge is 0.387 e. The summed E-state index contributed by atoms with van der Waals surface area (Å²) in [6.45, 7) is 4.94. The monoisotopic (exact) mass is 389 g/mol. The zero-order chi connectivity index (χ0) is 17.0. The number of nitrogens with zero attached hydrogens (tertiary/aromatic N) is 3. The lowest BCUT2D eigenvalue weighted by atomic mass is 9.57. The van der Waals surface area contributed by atoms with Gasteiger partial charge in [-0.05, 0) is 48.3 Å². The predicted molar refractivity (Wildman–Crippen MR) is 96.5 cm³/mol. The number of aromatic nitrogens is 3. The van der Waals surface area contributed by atoms with Gasteiger partial charge in [-0.1, -0.05) is 48.3 Å². The summed E-state index contributed by atoms with van der Waals surface area (Å²) in [7, 11) is 0. The van der Waals surface area contributed by atoms with Crippen molar-refractivity contribution in [2.24, 2.45) is 10.8 Å². The maximum atomic E-state index is 11.9. The third-order valence-electron chi connectivity index (χ3n) is 6.57. The van der Waals surface area contributed by atoms with Gasteiger partial charge in [-0.3, -0.25) is 4.68 Å². The van der Waals surface area contributed by atoms with Crippen LogP contribution in [0.25, 0.3) is 0 Å². The normalized spacial score (nSPS) is 34.4. The Morgan fingerprint density at radius 2 is 2.00 bits per heavy atom. The topological polar surface area (TPSA) is 50.9 Å². The smallest absolute Gasteiger partial charge is 0.137 e. The van der Waals surface area contributed by atoms with Crippen molar-refractivity contribution in [2.45, 2.75) is 57.6 Å². The first kappa shape index (κ1) is 16.3. The SMILES string of the molecule is CC1(C)CCCC2(CC2c2ccc(Br)cc2)C1(O)Cn1cncn1. The van der Waals surface area contributed by atoms with E-state index in [1.54, 1.807) is 17.3 Å². The first-order valence-corrected chi connectivity index (χ1v) is 9.48. The molecular formula is C19H24BrN3O. The summed E-state index contributed by atoms with van der Waals surface area (Å²) in [6, 6.07) is 8.60. The van der Waals surface area contributed by atoms with Gasteiger partial charge < -0.3 is 5.11 Å². The lowest BCUT2D eigenvalue weighted by molar-refractivity contribution is -0.164. The van der Waals surface area contributed by atoms with Crippen LogP contribution in [0.15, 0.2) is 41.4 Å². The van der Waals surface area contributed by atoms with Gasteiger partial charge in [0.1, 0.15) is 12.7 Å². The fraction of sp³-hybridized carbons (Fsp3) is 0.579. The molecule has 0 radical (unpaired) electrons. The van der Waals surface area contributed by atoms with Gasteiger partial charge >= 0.3 is 0 Å². The molecule has 0 amide bonds. The lowest BCUT2D eigenvalue weighted by Crippen LogP contribution is -2.58. The summed E-state index contributed by atoms with van der Waals surface area (Å²) in [6.07, 6.45) is 7.64. The Morgan fingerprint density at radius 1 is 1.25 bits per heavy atom. The van der Waals surface area contributed by atoms with Crippen molar-refractivity contribution in [3.8, 4) is 0 Å². The second-order valence-corrected chi connectivity index (χ2v) is 9.07. The zero-order valence-electron chi connectivity index (χ0n) is 14.2. The molecule has 128 valence electrons. The van der Waals surface area contributed by atoms with Crippen molar-refractivity contribution in [2.75, 3.05) is 0 Å². The van der Waals surface area contributed by atoms with E-state index in [9.17, 15) is 5.11 Å². The number of rotatable bonds is 3. The molecule has 2 saturated carbocycles. The van der Waals surface area contributed by atoms with Gasteiger partial charge in [0.2, 0.25) is 0 Å². The molecule has 0 aliphatic heterocycles. The van der Waals surface area contributed by atoms with Crippen LogP contribution in [0.3, 0.4) is 0 Å². The van der Waals surface area contributed by atoms with Crippen molar-refractivity contribution in [1.29, 1.82) is 0 Å². The maximum Gasteiger partial charge on any atom is 0.137 e. The summed E-state index contributed by atoms with van der Waals surface area (Å²) >= 11 is 3.51. The Kier molecular flexibility index (Phi) is 3.66. The van der Waals surface area contributed by atoms with Crippen LogP contribution in [0.2, 0.25) is 0 Å². The van der Waals surface area contributed by atoms with Crippen LogP contribution in [0.1, 0.15) is 51.0 Å². The Labute approximate surface area is 151 Å². The van der Waals surface area contributed by atoms with E-state index in [0.29, 0.717) is 12.5 Å². The molecule has 5 heteroatoms. The molecule has 4 rings (SSSR count). The van der Waals surface area contributed by atoms with Crippen LogP contribution >= 0.6 is 15.9 Å². The summed E-state index contributed by atoms with van der Waals surface area (Å²) in [4.78, 5) is 4.06. The highest BCUT2D eigenvalue weighted by atomic mass is 79.9. The highest BCUT2D eigenvalue weighted by Gasteiger charge is 2.71. The number of hydrogen-bond donors (Lipinski definition) is 1. The van der Waals surface area contributed by atoms with E-state index in [4.69, 9.17) is 0 Å². The third kappa shape index (κ3) is 2.28. The first-order valence-electron chi connectivity index (χ1n) is 8.68. The van der Waals surface area contributed by atoms with Crippen LogP contribution < -0.4 is 0 Å². The number of hydrogen-bond acceptors (Lipinski definition) is 3. The molecule has 2 aliphatic carbocycles. The van der Waals surface area contributed by atoms with E-state index >= 15 is 0 Å². The number of benzene rings is 1. The molecule has 1 N–H and O–H groups in total. The standard InChI is InChI=1S/C19H24BrN3O/c1-17(2)8-3-9-18(19(17,24)11-23-13-21-12-22-23)10-16(18)14-4-6-15(20)7-5-14/h4-7,12-13,16,24H,3,8-11H2,1-2H3. The predicted octanol–water partition coefficient (Wildman–Crippen LogP) is 4.16. The van der Waals surface area contributed by atoms with Crippen molar-refractivity contribution >= 4 is 15.9 Å². The van der Waals surface area contributed by atoms with E-state index in [0.717, 1.165) is 23.7 Å². The number of halogens is 1. The van der Waals surface area contributed by atoms with Gasteiger partial charge in [-0.15, -0.1) is 0 Å². The summed E-state index contributed by atoms with van der Waals surface area (Å²) in [5, 5.41) is 16.2. The minimum absolute atomic E-state index is 0.0471. The Bertz CT molecular complexity index is 728. The van der Waals surface area contributed by atoms with Gasteiger partial charge in [0.15, 0.2) is 0 Å². The molecule has 1 spiro atoms. The van der Waals surface area contributed by atoms with Crippen LogP contribution in [-0.4, -0.2) is 25.5 Å². The molecule has 2 aliphatic rings. The van der Waals surface area contributed by atoms with Crippen molar-refractivity contribution < 1.29 is 5.11 Å². The molecule has 2 fully saturated rings. The molecule has 24 heavy (non-hydrogen) atoms. The van der Waals surface area contributed by atoms with Crippen LogP contribution in [0.5, 0.6) is 0 Å². The first-order chi connectivity index (χ1) is 11.4. The van der Waals surface area contributed by atoms with Gasteiger partial charge in [0, 0.05) is 9.89 Å². The molecule has 0 saturated heterocycles. The molecule has 1 aromatic heterocycles. The fourth-order valence-corrected chi connectivity index (χ4v) is 5.29. The van der Waals surface area contributed by atoms with Crippen LogP contribution in [-0.2, 0) is 6.54 Å². The molecule has 1 aromatic carbocycles. The molecular weight excluding hydrogens is 366 g/mol. The molecule has 0 bridgehead atoms. The zero-order valence-corrected chi connectivity index (χ0v) is 15.8. The van der Waals surface area contributed by atoms with E-state index in [-0.39, 0.29) is 10.8 Å². The second kappa shape index (κ2) is 5.40. The summed E-state index contributed by atoms with van der Waals surface area (Å²) in [5.41, 5.74) is 0.382. The third-order valence-corrected chi connectivity index (χ3v) is 7.10. The van der Waals surface area contributed by atoms with Crippen molar-refractivity contribution in [3.05, 3.63) is 47.0 Å². The van der Waals surface area contributed by atoms with Crippen molar-refractivity contribution in [1.82, 2.24) is 14.8 Å².